The van der Waals surface area contributed by atoms with E-state index in [4.69, 9.17) is 5.73 Å². The Labute approximate surface area is 80.4 Å². The quantitative estimate of drug-likeness (QED) is 0.652. The van der Waals surface area contributed by atoms with Crippen LogP contribution in [-0.2, 0) is 0 Å². The highest BCUT2D eigenvalue weighted by molar-refractivity contribution is 5.43. The molecule has 6 heteroatoms. The number of nitrogens with zero attached hydrogens (tertiary/aromatic N) is 3. The van der Waals surface area contributed by atoms with Crippen molar-refractivity contribution in [2.75, 3.05) is 23.7 Å². The topological polar surface area (TPSA) is 75.3 Å². The number of nitrogen functional groups attached to an aromatic ring is 1. The van der Waals surface area contributed by atoms with Gasteiger partial charge in [-0.1, -0.05) is 0 Å². The number of halogens is 1. The molecule has 0 amide bonds. The van der Waals surface area contributed by atoms with Gasteiger partial charge in [0.1, 0.15) is 0 Å². The maximum atomic E-state index is 13.2. The van der Waals surface area contributed by atoms with E-state index in [1.165, 1.54) is 0 Å². The zero-order valence-corrected chi connectivity index (χ0v) is 7.52. The molecule has 1 fully saturated rings. The second kappa shape index (κ2) is 3.38. The summed E-state index contributed by atoms with van der Waals surface area (Å²) in [6, 6.07) is 0. The first-order chi connectivity index (χ1) is 6.66. The molecule has 1 aromatic rings. The Hall–Kier alpha value is -1.43. The van der Waals surface area contributed by atoms with Crippen molar-refractivity contribution in [3.8, 4) is 0 Å². The van der Waals surface area contributed by atoms with E-state index in [2.05, 4.69) is 9.97 Å². The first-order valence-electron chi connectivity index (χ1n) is 4.38. The fraction of sp³-hybridized carbons (Fsp3) is 0.500. The molecule has 3 N–H and O–H groups in total. The lowest BCUT2D eigenvalue weighted by atomic mass is 10.3. The van der Waals surface area contributed by atoms with Crippen LogP contribution in [0.4, 0.5) is 16.2 Å². The van der Waals surface area contributed by atoms with Crippen LogP contribution in [0.1, 0.15) is 6.42 Å². The molecule has 0 spiro atoms. The average Bonchev–Trinajstić information content (AvgIpc) is 2.56. The van der Waals surface area contributed by atoms with E-state index in [-0.39, 0.29) is 11.8 Å². The zero-order chi connectivity index (χ0) is 10.1. The smallest absolute Gasteiger partial charge is 0.222 e. The summed E-state index contributed by atoms with van der Waals surface area (Å²) in [7, 11) is 0. The lowest BCUT2D eigenvalue weighted by Gasteiger charge is -2.16. The van der Waals surface area contributed by atoms with Gasteiger partial charge in [0, 0.05) is 13.1 Å². The second-order valence-electron chi connectivity index (χ2n) is 3.29. The largest absolute Gasteiger partial charge is 0.391 e. The number of aliphatic hydroxyl groups is 1. The third-order valence-electron chi connectivity index (χ3n) is 2.21. The van der Waals surface area contributed by atoms with Gasteiger partial charge in [0.05, 0.1) is 12.3 Å². The minimum atomic E-state index is -0.506. The van der Waals surface area contributed by atoms with Crippen LogP contribution in [-0.4, -0.2) is 34.3 Å². The standard InChI is InChI=1S/C8H11FN4O/c9-6-3-11-8(10)12-7(6)13-2-1-5(14)4-13/h3,5,14H,1-2,4H2,(H2,10,11,12). The summed E-state index contributed by atoms with van der Waals surface area (Å²) < 4.78 is 13.2. The summed E-state index contributed by atoms with van der Waals surface area (Å²) in [4.78, 5) is 8.99. The van der Waals surface area contributed by atoms with E-state index < -0.39 is 11.9 Å². The predicted molar refractivity (Wildman–Crippen MR) is 49.2 cm³/mol. The van der Waals surface area contributed by atoms with Crippen molar-refractivity contribution in [2.24, 2.45) is 0 Å². The molecule has 0 bridgehead atoms. The number of aliphatic hydroxyl groups excluding tert-OH is 1. The van der Waals surface area contributed by atoms with Gasteiger partial charge < -0.3 is 15.7 Å². The molecule has 0 aliphatic carbocycles. The maximum absolute atomic E-state index is 13.2. The van der Waals surface area contributed by atoms with Gasteiger partial charge in [-0.2, -0.15) is 4.98 Å². The Balaban J connectivity index is 2.27. The van der Waals surface area contributed by atoms with Gasteiger partial charge in [-0.05, 0) is 6.42 Å². The molecule has 5 nitrogen and oxygen atoms in total. The Morgan fingerprint density at radius 1 is 1.64 bits per heavy atom. The minimum absolute atomic E-state index is 0.0442. The van der Waals surface area contributed by atoms with E-state index in [1.807, 2.05) is 0 Å². The lowest BCUT2D eigenvalue weighted by Crippen LogP contribution is -2.24. The van der Waals surface area contributed by atoms with Crippen molar-refractivity contribution in [1.82, 2.24) is 9.97 Å². The van der Waals surface area contributed by atoms with Gasteiger partial charge in [0.15, 0.2) is 11.6 Å². The van der Waals surface area contributed by atoms with Crippen molar-refractivity contribution in [3.63, 3.8) is 0 Å². The molecule has 0 saturated carbocycles. The molecule has 76 valence electrons. The fourth-order valence-electron chi connectivity index (χ4n) is 1.53. The summed E-state index contributed by atoms with van der Waals surface area (Å²) in [5.74, 6) is -0.287. The molecule has 1 aliphatic heterocycles. The average molecular weight is 198 g/mol. The Kier molecular flexibility index (Phi) is 2.20. The highest BCUT2D eigenvalue weighted by Gasteiger charge is 2.24. The van der Waals surface area contributed by atoms with Crippen LogP contribution >= 0.6 is 0 Å². The second-order valence-corrected chi connectivity index (χ2v) is 3.29. The third kappa shape index (κ3) is 1.60. The van der Waals surface area contributed by atoms with Crippen LogP contribution < -0.4 is 10.6 Å². The number of nitrogens with two attached hydrogens (primary N) is 1. The number of hydrogen-bond donors (Lipinski definition) is 2. The molecule has 1 unspecified atom stereocenters. The number of β-amino-alcohol motifs (C(OH)–C–C–N with tert-alkyl or cyclic N) is 1. The Morgan fingerprint density at radius 3 is 3.07 bits per heavy atom. The first kappa shape index (κ1) is 9.14. The van der Waals surface area contributed by atoms with Crippen molar-refractivity contribution < 1.29 is 9.50 Å². The van der Waals surface area contributed by atoms with Gasteiger partial charge in [-0.25, -0.2) is 9.37 Å². The molecule has 2 rings (SSSR count). The number of anilines is 2. The zero-order valence-electron chi connectivity index (χ0n) is 7.52. The SMILES string of the molecule is Nc1ncc(F)c(N2CCC(O)C2)n1. The molecular weight excluding hydrogens is 187 g/mol. The molecule has 0 aromatic carbocycles. The lowest BCUT2D eigenvalue weighted by molar-refractivity contribution is 0.198. The summed E-state index contributed by atoms with van der Waals surface area (Å²) >= 11 is 0. The maximum Gasteiger partial charge on any atom is 0.222 e. The number of rotatable bonds is 1. The van der Waals surface area contributed by atoms with E-state index >= 15 is 0 Å². The van der Waals surface area contributed by atoms with Crippen LogP contribution in [0.25, 0.3) is 0 Å². The third-order valence-corrected chi connectivity index (χ3v) is 2.21. The van der Waals surface area contributed by atoms with Gasteiger partial charge in [0.2, 0.25) is 5.95 Å². The van der Waals surface area contributed by atoms with Crippen molar-refractivity contribution in [1.29, 1.82) is 0 Å². The highest BCUT2D eigenvalue weighted by Crippen LogP contribution is 2.21. The molecule has 1 atom stereocenters. The van der Waals surface area contributed by atoms with Crippen molar-refractivity contribution in [2.45, 2.75) is 12.5 Å². The first-order valence-corrected chi connectivity index (χ1v) is 4.38. The number of aromatic nitrogens is 2. The van der Waals surface area contributed by atoms with Gasteiger partial charge >= 0.3 is 0 Å². The van der Waals surface area contributed by atoms with Crippen LogP contribution in [0, 0.1) is 5.82 Å². The van der Waals surface area contributed by atoms with Gasteiger partial charge in [-0.15, -0.1) is 0 Å². The molecule has 1 saturated heterocycles. The van der Waals surface area contributed by atoms with Crippen LogP contribution in [0.2, 0.25) is 0 Å². The van der Waals surface area contributed by atoms with Gasteiger partial charge in [0.25, 0.3) is 0 Å². The fourth-order valence-corrected chi connectivity index (χ4v) is 1.53. The van der Waals surface area contributed by atoms with Crippen molar-refractivity contribution >= 4 is 11.8 Å². The summed E-state index contributed by atoms with van der Waals surface area (Å²) in [5, 5.41) is 9.28. The summed E-state index contributed by atoms with van der Waals surface area (Å²) in [6.45, 7) is 0.988. The number of hydrogen-bond acceptors (Lipinski definition) is 5. The Bertz CT molecular complexity index is 346. The predicted octanol–water partition coefficient (Wildman–Crippen LogP) is -0.231. The monoisotopic (exact) mass is 198 g/mol. The highest BCUT2D eigenvalue weighted by atomic mass is 19.1. The van der Waals surface area contributed by atoms with E-state index in [1.54, 1.807) is 4.90 Å². The van der Waals surface area contributed by atoms with Crippen LogP contribution in [0.3, 0.4) is 0 Å². The molecule has 0 radical (unpaired) electrons. The summed E-state index contributed by atoms with van der Waals surface area (Å²) in [6.07, 6.45) is 1.26. The van der Waals surface area contributed by atoms with Crippen LogP contribution in [0.5, 0.6) is 0 Å². The van der Waals surface area contributed by atoms with Crippen molar-refractivity contribution in [3.05, 3.63) is 12.0 Å². The minimum Gasteiger partial charge on any atom is -0.391 e. The molecular formula is C8H11FN4O. The van der Waals surface area contributed by atoms with Crippen LogP contribution in [0.15, 0.2) is 6.20 Å². The summed E-state index contributed by atoms with van der Waals surface area (Å²) in [5.41, 5.74) is 5.35. The molecule has 14 heavy (non-hydrogen) atoms. The molecule has 1 aliphatic rings. The van der Waals surface area contributed by atoms with E-state index in [0.717, 1.165) is 6.20 Å². The van der Waals surface area contributed by atoms with Gasteiger partial charge in [-0.3, -0.25) is 0 Å². The molecule has 1 aromatic heterocycles. The normalized spacial score (nSPS) is 21.6. The Morgan fingerprint density at radius 2 is 2.43 bits per heavy atom. The molecule has 2 heterocycles. The van der Waals surface area contributed by atoms with E-state index in [0.29, 0.717) is 19.5 Å². The van der Waals surface area contributed by atoms with E-state index in [9.17, 15) is 9.50 Å².